The summed E-state index contributed by atoms with van der Waals surface area (Å²) in [5, 5.41) is 8.58. The number of aliphatic carboxylic acids is 1. The predicted octanol–water partition coefficient (Wildman–Crippen LogP) is 1.37. The highest BCUT2D eigenvalue weighted by atomic mass is 16.4. The number of carboxylic acids is 1. The number of terminal acetylenes is 1. The Labute approximate surface area is 61.2 Å². The van der Waals surface area contributed by atoms with Crippen LogP contribution in [0.5, 0.6) is 0 Å². The van der Waals surface area contributed by atoms with E-state index < -0.39 is 5.97 Å². The fraction of sp³-hybridized carbons (Fsp3) is 0.625. The average molecular weight is 140 g/mol. The first-order chi connectivity index (χ1) is 4.59. The Morgan fingerprint density at radius 2 is 2.20 bits per heavy atom. The molecule has 0 saturated heterocycles. The van der Waals surface area contributed by atoms with Crippen LogP contribution in [0.25, 0.3) is 0 Å². The third-order valence-electron chi connectivity index (χ3n) is 1.46. The molecule has 0 unspecified atom stereocenters. The lowest BCUT2D eigenvalue weighted by Crippen LogP contribution is -2.18. The van der Waals surface area contributed by atoms with Gasteiger partial charge in [0, 0.05) is 6.42 Å². The quantitative estimate of drug-likeness (QED) is 0.601. The van der Waals surface area contributed by atoms with Crippen LogP contribution < -0.4 is 0 Å². The molecule has 0 bridgehead atoms. The maximum atomic E-state index is 10.4. The first kappa shape index (κ1) is 9.03. The van der Waals surface area contributed by atoms with E-state index in [1.54, 1.807) is 0 Å². The van der Waals surface area contributed by atoms with Crippen molar-refractivity contribution in [3.63, 3.8) is 0 Å². The Hall–Kier alpha value is -0.970. The van der Waals surface area contributed by atoms with Crippen LogP contribution in [0.2, 0.25) is 0 Å². The molecule has 0 aliphatic carbocycles. The van der Waals surface area contributed by atoms with Crippen molar-refractivity contribution in [2.75, 3.05) is 0 Å². The number of rotatable bonds is 3. The summed E-state index contributed by atoms with van der Waals surface area (Å²) in [5.74, 6) is 1.29. The molecular weight excluding hydrogens is 128 g/mol. The largest absolute Gasteiger partial charge is 0.481 e. The predicted molar refractivity (Wildman–Crippen MR) is 39.4 cm³/mol. The van der Waals surface area contributed by atoms with Crippen molar-refractivity contribution in [1.29, 1.82) is 0 Å². The van der Waals surface area contributed by atoms with E-state index in [-0.39, 0.29) is 11.8 Å². The maximum absolute atomic E-state index is 10.4. The number of hydrogen-bond donors (Lipinski definition) is 1. The van der Waals surface area contributed by atoms with Crippen LogP contribution in [0, 0.1) is 24.2 Å². The molecule has 0 heterocycles. The van der Waals surface area contributed by atoms with E-state index in [2.05, 4.69) is 5.92 Å². The van der Waals surface area contributed by atoms with Gasteiger partial charge in [-0.15, -0.1) is 12.3 Å². The fourth-order valence-corrected chi connectivity index (χ4v) is 0.735. The lowest BCUT2D eigenvalue weighted by atomic mass is 9.93. The van der Waals surface area contributed by atoms with Gasteiger partial charge in [0.25, 0.3) is 0 Å². The van der Waals surface area contributed by atoms with Crippen molar-refractivity contribution >= 4 is 5.97 Å². The van der Waals surface area contributed by atoms with Gasteiger partial charge in [-0.3, -0.25) is 4.79 Å². The molecule has 0 aromatic heterocycles. The van der Waals surface area contributed by atoms with Crippen LogP contribution in [0.3, 0.4) is 0 Å². The lowest BCUT2D eigenvalue weighted by Gasteiger charge is -2.11. The van der Waals surface area contributed by atoms with E-state index in [1.807, 2.05) is 13.8 Å². The van der Waals surface area contributed by atoms with Gasteiger partial charge in [-0.2, -0.15) is 0 Å². The Morgan fingerprint density at radius 1 is 1.70 bits per heavy atom. The number of hydrogen-bond acceptors (Lipinski definition) is 1. The third kappa shape index (κ3) is 2.54. The highest BCUT2D eigenvalue weighted by molar-refractivity contribution is 5.70. The molecule has 0 fully saturated rings. The average Bonchev–Trinajstić information content (AvgIpc) is 1.81. The van der Waals surface area contributed by atoms with Gasteiger partial charge in [-0.05, 0) is 5.92 Å². The summed E-state index contributed by atoms with van der Waals surface area (Å²) in [6, 6.07) is 0. The molecule has 2 heteroatoms. The minimum absolute atomic E-state index is 0.119. The molecule has 0 spiro atoms. The standard InChI is InChI=1S/C8H12O2/c1-4-5-7(6(2)3)8(9)10/h1,6-7H,5H2,2-3H3,(H,9,10)/t7-/m1/s1. The molecule has 0 aliphatic heterocycles. The highest BCUT2D eigenvalue weighted by Gasteiger charge is 2.19. The molecule has 0 amide bonds. The van der Waals surface area contributed by atoms with Crippen molar-refractivity contribution < 1.29 is 9.90 Å². The first-order valence-electron chi connectivity index (χ1n) is 3.25. The van der Waals surface area contributed by atoms with Gasteiger partial charge < -0.3 is 5.11 Å². The summed E-state index contributed by atoms with van der Waals surface area (Å²) < 4.78 is 0. The molecule has 1 atom stereocenters. The smallest absolute Gasteiger partial charge is 0.307 e. The molecule has 1 N–H and O–H groups in total. The van der Waals surface area contributed by atoms with E-state index in [4.69, 9.17) is 11.5 Å². The minimum atomic E-state index is -0.798. The van der Waals surface area contributed by atoms with Gasteiger partial charge in [-0.25, -0.2) is 0 Å². The van der Waals surface area contributed by atoms with Gasteiger partial charge in [-0.1, -0.05) is 13.8 Å². The Morgan fingerprint density at radius 3 is 2.30 bits per heavy atom. The first-order valence-corrected chi connectivity index (χ1v) is 3.25. The van der Waals surface area contributed by atoms with Gasteiger partial charge in [0.1, 0.15) is 0 Å². The second kappa shape index (κ2) is 3.94. The van der Waals surface area contributed by atoms with Crippen molar-refractivity contribution in [2.24, 2.45) is 11.8 Å². The number of carbonyl (C=O) groups is 1. The summed E-state index contributed by atoms with van der Waals surface area (Å²) in [6.45, 7) is 3.71. The van der Waals surface area contributed by atoms with Gasteiger partial charge in [0.05, 0.1) is 5.92 Å². The zero-order chi connectivity index (χ0) is 8.15. The molecular formula is C8H12O2. The zero-order valence-electron chi connectivity index (χ0n) is 6.29. The molecule has 0 aromatic rings. The molecule has 0 aliphatic rings. The van der Waals surface area contributed by atoms with Crippen molar-refractivity contribution in [3.05, 3.63) is 0 Å². The van der Waals surface area contributed by atoms with E-state index in [1.165, 1.54) is 0 Å². The van der Waals surface area contributed by atoms with Gasteiger partial charge in [0.15, 0.2) is 0 Å². The molecule has 0 rings (SSSR count). The monoisotopic (exact) mass is 140 g/mol. The summed E-state index contributed by atoms with van der Waals surface area (Å²) in [7, 11) is 0. The summed E-state index contributed by atoms with van der Waals surface area (Å²) in [4.78, 5) is 10.4. The van der Waals surface area contributed by atoms with Crippen molar-refractivity contribution in [2.45, 2.75) is 20.3 Å². The summed E-state index contributed by atoms with van der Waals surface area (Å²) >= 11 is 0. The maximum Gasteiger partial charge on any atom is 0.307 e. The minimum Gasteiger partial charge on any atom is -0.481 e. The summed E-state index contributed by atoms with van der Waals surface area (Å²) in [6.07, 6.45) is 5.32. The van der Waals surface area contributed by atoms with Crippen molar-refractivity contribution in [3.8, 4) is 12.3 Å². The van der Waals surface area contributed by atoms with Gasteiger partial charge >= 0.3 is 5.97 Å². The van der Waals surface area contributed by atoms with Crippen LogP contribution in [0.4, 0.5) is 0 Å². The van der Waals surface area contributed by atoms with Crippen LogP contribution >= 0.6 is 0 Å². The van der Waals surface area contributed by atoms with E-state index in [0.717, 1.165) is 0 Å². The van der Waals surface area contributed by atoms with E-state index >= 15 is 0 Å². The number of carboxylic acid groups (broad SMARTS) is 1. The van der Waals surface area contributed by atoms with Crippen LogP contribution in [-0.2, 0) is 4.79 Å². The van der Waals surface area contributed by atoms with Crippen LogP contribution in [-0.4, -0.2) is 11.1 Å². The van der Waals surface area contributed by atoms with Crippen LogP contribution in [0.15, 0.2) is 0 Å². The highest BCUT2D eigenvalue weighted by Crippen LogP contribution is 2.13. The molecule has 0 radical (unpaired) electrons. The van der Waals surface area contributed by atoms with E-state index in [9.17, 15) is 4.79 Å². The molecule has 0 saturated carbocycles. The SMILES string of the molecule is C#CC[C@@H](C(=O)O)C(C)C. The Balaban J connectivity index is 4.01. The molecule has 2 nitrogen and oxygen atoms in total. The molecule has 0 aromatic carbocycles. The second-order valence-corrected chi connectivity index (χ2v) is 2.60. The lowest BCUT2D eigenvalue weighted by molar-refractivity contribution is -0.143. The molecule has 10 heavy (non-hydrogen) atoms. The molecule has 56 valence electrons. The third-order valence-corrected chi connectivity index (χ3v) is 1.46. The zero-order valence-corrected chi connectivity index (χ0v) is 6.29. The van der Waals surface area contributed by atoms with Crippen LogP contribution in [0.1, 0.15) is 20.3 Å². The van der Waals surface area contributed by atoms with Crippen molar-refractivity contribution in [1.82, 2.24) is 0 Å². The summed E-state index contributed by atoms with van der Waals surface area (Å²) in [5.41, 5.74) is 0. The normalized spacial score (nSPS) is 12.6. The Kier molecular flexibility index (Phi) is 3.56. The topological polar surface area (TPSA) is 37.3 Å². The van der Waals surface area contributed by atoms with Gasteiger partial charge in [0.2, 0.25) is 0 Å². The second-order valence-electron chi connectivity index (χ2n) is 2.60. The fourth-order valence-electron chi connectivity index (χ4n) is 0.735. The Bertz CT molecular complexity index is 153. The van der Waals surface area contributed by atoms with E-state index in [0.29, 0.717) is 6.42 Å².